The minimum Gasteiger partial charge on any atom is -0.305 e. The van der Waals surface area contributed by atoms with Crippen LogP contribution in [0.25, 0.3) is 0 Å². The van der Waals surface area contributed by atoms with Crippen LogP contribution >= 0.6 is 11.3 Å². The van der Waals surface area contributed by atoms with E-state index in [2.05, 4.69) is 32.2 Å². The van der Waals surface area contributed by atoms with E-state index in [1.54, 1.807) is 18.4 Å². The van der Waals surface area contributed by atoms with E-state index in [4.69, 9.17) is 0 Å². The van der Waals surface area contributed by atoms with Crippen molar-refractivity contribution in [3.05, 3.63) is 28.2 Å². The molecule has 0 amide bonds. The summed E-state index contributed by atoms with van der Waals surface area (Å²) in [5.74, 6) is 0.726. The van der Waals surface area contributed by atoms with E-state index < -0.39 is 0 Å². The van der Waals surface area contributed by atoms with Crippen molar-refractivity contribution in [3.8, 4) is 0 Å². The van der Waals surface area contributed by atoms with Gasteiger partial charge in [-0.05, 0) is 16.7 Å². The lowest BCUT2D eigenvalue weighted by Gasteiger charge is -1.97. The van der Waals surface area contributed by atoms with E-state index in [0.717, 1.165) is 12.4 Å². The Labute approximate surface area is 85.8 Å². The van der Waals surface area contributed by atoms with Gasteiger partial charge in [-0.2, -0.15) is 4.80 Å². The van der Waals surface area contributed by atoms with E-state index in [-0.39, 0.29) is 0 Å². The largest absolute Gasteiger partial charge is 0.305 e. The van der Waals surface area contributed by atoms with Crippen molar-refractivity contribution in [3.63, 3.8) is 0 Å². The summed E-state index contributed by atoms with van der Waals surface area (Å²) < 4.78 is 0. The third-order valence-corrected chi connectivity index (χ3v) is 2.59. The van der Waals surface area contributed by atoms with Crippen LogP contribution in [0.3, 0.4) is 0 Å². The van der Waals surface area contributed by atoms with Crippen LogP contribution in [0.4, 0.5) is 0 Å². The lowest BCUT2D eigenvalue weighted by atomic mass is 10.4. The first-order valence-corrected chi connectivity index (χ1v) is 5.18. The van der Waals surface area contributed by atoms with Gasteiger partial charge < -0.3 is 5.32 Å². The van der Waals surface area contributed by atoms with Gasteiger partial charge in [-0.3, -0.25) is 0 Å². The Morgan fingerprint density at radius 2 is 2.43 bits per heavy atom. The molecule has 0 saturated carbocycles. The molecule has 2 aromatic rings. The first-order chi connectivity index (χ1) is 6.84. The summed E-state index contributed by atoms with van der Waals surface area (Å²) in [5.41, 5.74) is 0. The lowest BCUT2D eigenvalue weighted by Crippen LogP contribution is -2.13. The standard InChI is InChI=1S/C8H11N5S/c1-13-11-8(10-12-13)6-9-5-7-3-2-4-14-7/h2-4,9H,5-6H2,1H3. The van der Waals surface area contributed by atoms with Gasteiger partial charge in [0.25, 0.3) is 0 Å². The number of rotatable bonds is 4. The Hall–Kier alpha value is -1.27. The maximum absolute atomic E-state index is 4.06. The van der Waals surface area contributed by atoms with Crippen LogP contribution in [0.5, 0.6) is 0 Å². The summed E-state index contributed by atoms with van der Waals surface area (Å²) in [6, 6.07) is 4.14. The monoisotopic (exact) mass is 209 g/mol. The van der Waals surface area contributed by atoms with E-state index >= 15 is 0 Å². The molecule has 0 atom stereocenters. The third kappa shape index (κ3) is 2.36. The van der Waals surface area contributed by atoms with Gasteiger partial charge in [0.1, 0.15) is 0 Å². The fraction of sp³-hybridized carbons (Fsp3) is 0.375. The number of tetrazole rings is 1. The van der Waals surface area contributed by atoms with Crippen LogP contribution in [-0.2, 0) is 20.1 Å². The summed E-state index contributed by atoms with van der Waals surface area (Å²) in [6.07, 6.45) is 0. The summed E-state index contributed by atoms with van der Waals surface area (Å²) in [5, 5.41) is 17.0. The molecule has 0 radical (unpaired) electrons. The van der Waals surface area contributed by atoms with E-state index in [1.807, 2.05) is 6.07 Å². The normalized spacial score (nSPS) is 10.6. The molecule has 2 heterocycles. The molecular formula is C8H11N5S. The van der Waals surface area contributed by atoms with Crippen molar-refractivity contribution >= 4 is 11.3 Å². The summed E-state index contributed by atoms with van der Waals surface area (Å²) in [7, 11) is 1.76. The van der Waals surface area contributed by atoms with Crippen molar-refractivity contribution in [2.45, 2.75) is 13.1 Å². The summed E-state index contributed by atoms with van der Waals surface area (Å²) >= 11 is 1.74. The van der Waals surface area contributed by atoms with Gasteiger partial charge in [-0.15, -0.1) is 21.5 Å². The molecule has 0 spiro atoms. The average Bonchev–Trinajstić information content (AvgIpc) is 2.77. The van der Waals surface area contributed by atoms with Crippen molar-refractivity contribution < 1.29 is 0 Å². The molecule has 0 unspecified atom stereocenters. The quantitative estimate of drug-likeness (QED) is 0.799. The molecule has 5 nitrogen and oxygen atoms in total. The zero-order valence-electron chi connectivity index (χ0n) is 7.84. The van der Waals surface area contributed by atoms with Crippen molar-refractivity contribution in [2.24, 2.45) is 7.05 Å². The highest BCUT2D eigenvalue weighted by atomic mass is 32.1. The highest BCUT2D eigenvalue weighted by Crippen LogP contribution is 2.07. The molecule has 6 heteroatoms. The maximum atomic E-state index is 4.06. The maximum Gasteiger partial charge on any atom is 0.188 e. The smallest absolute Gasteiger partial charge is 0.188 e. The zero-order chi connectivity index (χ0) is 9.80. The number of hydrogen-bond acceptors (Lipinski definition) is 5. The Bertz CT molecular complexity index is 380. The molecule has 0 saturated heterocycles. The number of aryl methyl sites for hydroxylation is 1. The minimum absolute atomic E-state index is 0.658. The first-order valence-electron chi connectivity index (χ1n) is 4.30. The van der Waals surface area contributed by atoms with Crippen LogP contribution in [0.2, 0.25) is 0 Å². The van der Waals surface area contributed by atoms with Gasteiger partial charge in [0.05, 0.1) is 13.6 Å². The number of thiophene rings is 1. The van der Waals surface area contributed by atoms with Crippen molar-refractivity contribution in [1.29, 1.82) is 0 Å². The second kappa shape index (κ2) is 4.30. The molecule has 0 fully saturated rings. The van der Waals surface area contributed by atoms with Gasteiger partial charge in [0.15, 0.2) is 5.82 Å². The summed E-state index contributed by atoms with van der Waals surface area (Å²) in [6.45, 7) is 1.52. The van der Waals surface area contributed by atoms with E-state index in [0.29, 0.717) is 6.54 Å². The number of nitrogens with one attached hydrogen (secondary N) is 1. The highest BCUT2D eigenvalue weighted by molar-refractivity contribution is 7.09. The Morgan fingerprint density at radius 3 is 3.07 bits per heavy atom. The molecule has 0 bridgehead atoms. The van der Waals surface area contributed by atoms with Crippen LogP contribution in [0.15, 0.2) is 17.5 Å². The molecule has 2 aromatic heterocycles. The molecule has 0 aliphatic carbocycles. The van der Waals surface area contributed by atoms with Crippen LogP contribution in [0.1, 0.15) is 10.7 Å². The molecule has 0 aromatic carbocycles. The second-order valence-corrected chi connectivity index (χ2v) is 3.91. The van der Waals surface area contributed by atoms with Gasteiger partial charge in [-0.25, -0.2) is 0 Å². The average molecular weight is 209 g/mol. The van der Waals surface area contributed by atoms with Crippen LogP contribution in [-0.4, -0.2) is 20.2 Å². The molecule has 0 aliphatic heterocycles. The minimum atomic E-state index is 0.658. The molecule has 14 heavy (non-hydrogen) atoms. The third-order valence-electron chi connectivity index (χ3n) is 1.71. The molecular weight excluding hydrogens is 198 g/mol. The number of hydrogen-bond donors (Lipinski definition) is 1. The first kappa shape index (κ1) is 9.29. The predicted octanol–water partition coefficient (Wildman–Crippen LogP) is 0.561. The SMILES string of the molecule is Cn1nnc(CNCc2cccs2)n1. The molecule has 2 rings (SSSR count). The fourth-order valence-electron chi connectivity index (χ4n) is 1.10. The molecule has 0 aliphatic rings. The summed E-state index contributed by atoms with van der Waals surface area (Å²) in [4.78, 5) is 2.77. The number of aromatic nitrogens is 4. The Morgan fingerprint density at radius 1 is 1.50 bits per heavy atom. The van der Waals surface area contributed by atoms with Crippen LogP contribution < -0.4 is 5.32 Å². The van der Waals surface area contributed by atoms with Gasteiger partial charge in [0, 0.05) is 11.4 Å². The van der Waals surface area contributed by atoms with Gasteiger partial charge >= 0.3 is 0 Å². The molecule has 1 N–H and O–H groups in total. The van der Waals surface area contributed by atoms with Crippen molar-refractivity contribution in [1.82, 2.24) is 25.5 Å². The zero-order valence-corrected chi connectivity index (χ0v) is 8.66. The highest BCUT2D eigenvalue weighted by Gasteiger charge is 1.99. The second-order valence-electron chi connectivity index (χ2n) is 2.88. The Balaban J connectivity index is 1.78. The Kier molecular flexibility index (Phi) is 2.85. The van der Waals surface area contributed by atoms with Gasteiger partial charge in [-0.1, -0.05) is 6.07 Å². The number of nitrogens with zero attached hydrogens (tertiary/aromatic N) is 4. The fourth-order valence-corrected chi connectivity index (χ4v) is 1.78. The van der Waals surface area contributed by atoms with E-state index in [1.165, 1.54) is 9.67 Å². The van der Waals surface area contributed by atoms with Crippen molar-refractivity contribution in [2.75, 3.05) is 0 Å². The predicted molar refractivity (Wildman–Crippen MR) is 53.7 cm³/mol. The van der Waals surface area contributed by atoms with E-state index in [9.17, 15) is 0 Å². The van der Waals surface area contributed by atoms with Crippen LogP contribution in [0, 0.1) is 0 Å². The lowest BCUT2D eigenvalue weighted by molar-refractivity contribution is 0.620. The van der Waals surface area contributed by atoms with Gasteiger partial charge in [0.2, 0.25) is 0 Å². The topological polar surface area (TPSA) is 55.6 Å². The molecule has 74 valence electrons.